The van der Waals surface area contributed by atoms with E-state index in [4.69, 9.17) is 0 Å². The second-order valence-corrected chi connectivity index (χ2v) is 7.76. The maximum atomic E-state index is 12.8. The molecule has 2 saturated heterocycles. The smallest absolute Gasteiger partial charge is 0.222 e. The highest BCUT2D eigenvalue weighted by Crippen LogP contribution is 2.25. The highest BCUT2D eigenvalue weighted by atomic mass is 16.2. The van der Waals surface area contributed by atoms with Crippen molar-refractivity contribution in [1.82, 2.24) is 15.1 Å². The fourth-order valence-corrected chi connectivity index (χ4v) is 4.20. The van der Waals surface area contributed by atoms with E-state index >= 15 is 0 Å². The summed E-state index contributed by atoms with van der Waals surface area (Å²) in [6, 6.07) is 10.6. The molecule has 1 amide bonds. The van der Waals surface area contributed by atoms with Crippen LogP contribution in [0.2, 0.25) is 0 Å². The molecule has 2 fully saturated rings. The molecular formula is C21H33N3O. The normalized spacial score (nSPS) is 21.7. The van der Waals surface area contributed by atoms with Crippen molar-refractivity contribution in [3.8, 4) is 0 Å². The van der Waals surface area contributed by atoms with Gasteiger partial charge in [-0.1, -0.05) is 37.3 Å². The van der Waals surface area contributed by atoms with Gasteiger partial charge in [-0.3, -0.25) is 9.69 Å². The summed E-state index contributed by atoms with van der Waals surface area (Å²) in [5.41, 5.74) is 1.36. The summed E-state index contributed by atoms with van der Waals surface area (Å²) in [5.74, 6) is 1.60. The largest absolute Gasteiger partial charge is 0.341 e. The zero-order chi connectivity index (χ0) is 17.5. The van der Waals surface area contributed by atoms with Crippen molar-refractivity contribution in [3.05, 3.63) is 35.9 Å². The zero-order valence-corrected chi connectivity index (χ0v) is 15.6. The molecule has 2 aliphatic heterocycles. The molecule has 0 saturated carbocycles. The first-order valence-corrected chi connectivity index (χ1v) is 9.97. The monoisotopic (exact) mass is 343 g/mol. The summed E-state index contributed by atoms with van der Waals surface area (Å²) in [4.78, 5) is 17.4. The maximum absolute atomic E-state index is 12.8. The van der Waals surface area contributed by atoms with Crippen molar-refractivity contribution in [3.63, 3.8) is 0 Å². The molecule has 138 valence electrons. The van der Waals surface area contributed by atoms with Crippen molar-refractivity contribution >= 4 is 5.91 Å². The standard InChI is InChI=1S/C21H33N3O/c1-18(20-8-10-22-11-9-20)16-21(25)24-13-5-12-23(14-15-24)17-19-6-3-2-4-7-19/h2-4,6-7,18,20,22H,5,8-17H2,1H3. The Morgan fingerprint density at radius 2 is 1.88 bits per heavy atom. The van der Waals surface area contributed by atoms with Gasteiger partial charge in [-0.25, -0.2) is 0 Å². The number of piperidine rings is 1. The third-order valence-corrected chi connectivity index (χ3v) is 5.88. The Morgan fingerprint density at radius 1 is 1.12 bits per heavy atom. The summed E-state index contributed by atoms with van der Waals surface area (Å²) in [6.45, 7) is 9.36. The van der Waals surface area contributed by atoms with Gasteiger partial charge in [0.15, 0.2) is 0 Å². The summed E-state index contributed by atoms with van der Waals surface area (Å²) >= 11 is 0. The fraction of sp³-hybridized carbons (Fsp3) is 0.667. The Morgan fingerprint density at radius 3 is 2.64 bits per heavy atom. The van der Waals surface area contributed by atoms with Crippen LogP contribution in [0.3, 0.4) is 0 Å². The van der Waals surface area contributed by atoms with Crippen LogP contribution < -0.4 is 5.32 Å². The van der Waals surface area contributed by atoms with Gasteiger partial charge in [0, 0.05) is 39.1 Å². The number of hydrogen-bond donors (Lipinski definition) is 1. The predicted octanol–water partition coefficient (Wildman–Crippen LogP) is 2.75. The minimum Gasteiger partial charge on any atom is -0.341 e. The average molecular weight is 344 g/mol. The van der Waals surface area contributed by atoms with Gasteiger partial charge in [-0.05, 0) is 49.8 Å². The van der Waals surface area contributed by atoms with Crippen LogP contribution in [0, 0.1) is 11.8 Å². The molecule has 4 heteroatoms. The molecule has 2 aliphatic rings. The van der Waals surface area contributed by atoms with Gasteiger partial charge in [0.05, 0.1) is 0 Å². The van der Waals surface area contributed by atoms with Gasteiger partial charge in [0.2, 0.25) is 5.91 Å². The van der Waals surface area contributed by atoms with E-state index in [0.717, 1.165) is 58.7 Å². The topological polar surface area (TPSA) is 35.6 Å². The predicted molar refractivity (Wildman–Crippen MR) is 102 cm³/mol. The fourth-order valence-electron chi connectivity index (χ4n) is 4.20. The number of nitrogens with one attached hydrogen (secondary N) is 1. The Balaban J connectivity index is 1.46. The van der Waals surface area contributed by atoms with Crippen LogP contribution in [0.1, 0.15) is 38.2 Å². The Hall–Kier alpha value is -1.39. The Labute approximate surface area is 152 Å². The van der Waals surface area contributed by atoms with E-state index in [1.807, 2.05) is 0 Å². The third-order valence-electron chi connectivity index (χ3n) is 5.88. The van der Waals surface area contributed by atoms with Crippen LogP contribution >= 0.6 is 0 Å². The van der Waals surface area contributed by atoms with Crippen molar-refractivity contribution in [2.45, 2.75) is 39.2 Å². The first-order chi connectivity index (χ1) is 12.2. The number of carbonyl (C=O) groups is 1. The third kappa shape index (κ3) is 5.55. The maximum Gasteiger partial charge on any atom is 0.222 e. The molecule has 1 atom stereocenters. The molecular weight excluding hydrogens is 310 g/mol. The molecule has 0 aliphatic carbocycles. The van der Waals surface area contributed by atoms with E-state index < -0.39 is 0 Å². The molecule has 0 spiro atoms. The van der Waals surface area contributed by atoms with Gasteiger partial charge in [0.1, 0.15) is 0 Å². The first-order valence-electron chi connectivity index (χ1n) is 9.97. The van der Waals surface area contributed by atoms with Gasteiger partial charge in [-0.2, -0.15) is 0 Å². The lowest BCUT2D eigenvalue weighted by molar-refractivity contribution is -0.132. The van der Waals surface area contributed by atoms with Gasteiger partial charge in [0.25, 0.3) is 0 Å². The molecule has 0 aromatic heterocycles. The Bertz CT molecular complexity index is 527. The lowest BCUT2D eigenvalue weighted by atomic mass is 9.84. The minimum absolute atomic E-state index is 0.368. The van der Waals surface area contributed by atoms with Crippen LogP contribution in [0.15, 0.2) is 30.3 Å². The molecule has 3 rings (SSSR count). The van der Waals surface area contributed by atoms with Crippen LogP contribution in [-0.2, 0) is 11.3 Å². The number of rotatable bonds is 5. The number of hydrogen-bond acceptors (Lipinski definition) is 3. The van der Waals surface area contributed by atoms with E-state index in [2.05, 4.69) is 52.4 Å². The van der Waals surface area contributed by atoms with Crippen LogP contribution in [0.25, 0.3) is 0 Å². The first kappa shape index (κ1) is 18.4. The molecule has 1 aromatic carbocycles. The van der Waals surface area contributed by atoms with Crippen molar-refractivity contribution < 1.29 is 4.79 Å². The van der Waals surface area contributed by atoms with E-state index in [1.54, 1.807) is 0 Å². The molecule has 0 bridgehead atoms. The molecule has 25 heavy (non-hydrogen) atoms. The molecule has 1 unspecified atom stereocenters. The van der Waals surface area contributed by atoms with Crippen LogP contribution in [0.5, 0.6) is 0 Å². The number of amides is 1. The average Bonchev–Trinajstić information content (AvgIpc) is 2.89. The lowest BCUT2D eigenvalue weighted by Crippen LogP contribution is -2.37. The summed E-state index contributed by atoms with van der Waals surface area (Å²) in [7, 11) is 0. The van der Waals surface area contributed by atoms with Crippen LogP contribution in [-0.4, -0.2) is 55.0 Å². The molecule has 2 heterocycles. The number of benzene rings is 1. The second-order valence-electron chi connectivity index (χ2n) is 7.76. The van der Waals surface area contributed by atoms with Crippen molar-refractivity contribution in [1.29, 1.82) is 0 Å². The lowest BCUT2D eigenvalue weighted by Gasteiger charge is -2.30. The van der Waals surface area contributed by atoms with E-state index in [0.29, 0.717) is 17.7 Å². The Kier molecular flexibility index (Phi) is 6.88. The second kappa shape index (κ2) is 9.35. The molecule has 1 aromatic rings. The van der Waals surface area contributed by atoms with Crippen molar-refractivity contribution in [2.75, 3.05) is 39.3 Å². The van der Waals surface area contributed by atoms with E-state index in [-0.39, 0.29) is 0 Å². The van der Waals surface area contributed by atoms with Crippen LogP contribution in [0.4, 0.5) is 0 Å². The highest BCUT2D eigenvalue weighted by molar-refractivity contribution is 5.76. The number of nitrogens with zero attached hydrogens (tertiary/aromatic N) is 2. The molecule has 1 N–H and O–H groups in total. The molecule has 4 nitrogen and oxygen atoms in total. The van der Waals surface area contributed by atoms with Crippen molar-refractivity contribution in [2.24, 2.45) is 11.8 Å². The summed E-state index contributed by atoms with van der Waals surface area (Å²) in [6.07, 6.45) is 4.25. The van der Waals surface area contributed by atoms with Gasteiger partial charge >= 0.3 is 0 Å². The van der Waals surface area contributed by atoms with Gasteiger partial charge < -0.3 is 10.2 Å². The van der Waals surface area contributed by atoms with E-state index in [9.17, 15) is 4.79 Å². The quantitative estimate of drug-likeness (QED) is 0.893. The van der Waals surface area contributed by atoms with Gasteiger partial charge in [-0.15, -0.1) is 0 Å². The summed E-state index contributed by atoms with van der Waals surface area (Å²) in [5, 5.41) is 3.42. The summed E-state index contributed by atoms with van der Waals surface area (Å²) < 4.78 is 0. The minimum atomic E-state index is 0.368. The zero-order valence-electron chi connectivity index (χ0n) is 15.6. The molecule has 0 radical (unpaired) electrons. The number of carbonyl (C=O) groups excluding carboxylic acids is 1. The highest BCUT2D eigenvalue weighted by Gasteiger charge is 2.25. The van der Waals surface area contributed by atoms with E-state index in [1.165, 1.54) is 18.4 Å². The SMILES string of the molecule is CC(CC(=O)N1CCCN(Cc2ccccc2)CC1)C1CCNCC1.